The lowest BCUT2D eigenvalue weighted by Crippen LogP contribution is -2.43. The van der Waals surface area contributed by atoms with Crippen LogP contribution in [0.5, 0.6) is 0 Å². The topological polar surface area (TPSA) is 93.1 Å². The number of nitrogens with zero attached hydrogens (tertiary/aromatic N) is 2. The number of rotatable bonds is 5. The fourth-order valence-electron chi connectivity index (χ4n) is 1.88. The molecule has 1 amide bonds. The first-order valence-corrected chi connectivity index (χ1v) is 8.70. The van der Waals surface area contributed by atoms with Gasteiger partial charge in [0.1, 0.15) is 11.4 Å². The van der Waals surface area contributed by atoms with Crippen molar-refractivity contribution in [2.75, 3.05) is 0 Å². The van der Waals surface area contributed by atoms with E-state index in [2.05, 4.69) is 10.5 Å². The molecule has 1 aromatic heterocycles. The Morgan fingerprint density at radius 2 is 2.00 bits per heavy atom. The number of sulfonamides is 1. The van der Waals surface area contributed by atoms with E-state index in [-0.39, 0.29) is 21.5 Å². The second-order valence-corrected chi connectivity index (χ2v) is 7.23. The molecule has 0 unspecified atom stereocenters. The van der Waals surface area contributed by atoms with Gasteiger partial charge in [-0.3, -0.25) is 14.9 Å². The van der Waals surface area contributed by atoms with Crippen LogP contribution >= 0.6 is 23.2 Å². The highest BCUT2D eigenvalue weighted by molar-refractivity contribution is 7.89. The molecule has 0 aliphatic rings. The molecule has 10 heteroatoms. The molecule has 0 saturated carbocycles. The summed E-state index contributed by atoms with van der Waals surface area (Å²) >= 11 is 11.7. The van der Waals surface area contributed by atoms with Crippen LogP contribution in [0, 0.1) is 13.8 Å². The van der Waals surface area contributed by atoms with Crippen LogP contribution < -0.4 is 10.3 Å². The van der Waals surface area contributed by atoms with Crippen LogP contribution in [0.15, 0.2) is 29.2 Å². The largest absolute Gasteiger partial charge is 0.276 e. The predicted octanol–water partition coefficient (Wildman–Crippen LogP) is 1.82. The minimum Gasteiger partial charge on any atom is -0.276 e. The molecule has 124 valence electrons. The van der Waals surface area contributed by atoms with Gasteiger partial charge in [-0.15, -0.1) is 4.83 Å². The number of hydrazine groups is 1. The summed E-state index contributed by atoms with van der Waals surface area (Å²) in [6, 6.07) is 6.00. The van der Waals surface area contributed by atoms with Gasteiger partial charge in [-0.05, 0) is 32.0 Å². The molecule has 23 heavy (non-hydrogen) atoms. The van der Waals surface area contributed by atoms with Crippen LogP contribution in [0.1, 0.15) is 11.4 Å². The third-order valence-electron chi connectivity index (χ3n) is 2.93. The lowest BCUT2D eigenvalue weighted by Gasteiger charge is -2.10. The van der Waals surface area contributed by atoms with Gasteiger partial charge in [0.25, 0.3) is 15.9 Å². The minimum absolute atomic E-state index is 0.100. The number of hydrogen-bond donors (Lipinski definition) is 2. The highest BCUT2D eigenvalue weighted by Crippen LogP contribution is 2.28. The van der Waals surface area contributed by atoms with Gasteiger partial charge < -0.3 is 0 Å². The third kappa shape index (κ3) is 4.23. The summed E-state index contributed by atoms with van der Waals surface area (Å²) in [5.41, 5.74) is 3.67. The van der Waals surface area contributed by atoms with Gasteiger partial charge in [0.05, 0.1) is 15.7 Å². The van der Waals surface area contributed by atoms with Gasteiger partial charge in [-0.1, -0.05) is 29.3 Å². The molecular weight excluding hydrogens is 363 g/mol. The van der Waals surface area contributed by atoms with Gasteiger partial charge >= 0.3 is 0 Å². The smallest absolute Gasteiger partial charge is 0.258 e. The number of halogens is 2. The lowest BCUT2D eigenvalue weighted by molar-refractivity contribution is -0.122. The normalized spacial score (nSPS) is 11.5. The van der Waals surface area contributed by atoms with Crippen molar-refractivity contribution in [2.24, 2.45) is 0 Å². The fraction of sp³-hybridized carbons (Fsp3) is 0.231. The van der Waals surface area contributed by atoms with Gasteiger partial charge in [-0.25, -0.2) is 8.42 Å². The van der Waals surface area contributed by atoms with E-state index >= 15 is 0 Å². The van der Waals surface area contributed by atoms with Crippen LogP contribution in [0.3, 0.4) is 0 Å². The maximum Gasteiger partial charge on any atom is 0.258 e. The highest BCUT2D eigenvalue weighted by atomic mass is 35.5. The lowest BCUT2D eigenvalue weighted by atomic mass is 10.4. The molecule has 0 bridgehead atoms. The molecule has 2 aromatic rings. The molecule has 0 atom stereocenters. The molecule has 0 aliphatic carbocycles. The van der Waals surface area contributed by atoms with E-state index in [1.165, 1.54) is 22.9 Å². The van der Waals surface area contributed by atoms with Crippen molar-refractivity contribution in [3.05, 3.63) is 45.7 Å². The zero-order valence-corrected chi connectivity index (χ0v) is 14.6. The fourth-order valence-corrected chi connectivity index (χ4v) is 3.50. The number of carbonyl (C=O) groups is 1. The average Bonchev–Trinajstić information content (AvgIpc) is 2.77. The maximum absolute atomic E-state index is 12.1. The summed E-state index contributed by atoms with van der Waals surface area (Å²) < 4.78 is 25.7. The number of aryl methyl sites for hydroxylation is 2. The highest BCUT2D eigenvalue weighted by Gasteiger charge is 2.20. The average molecular weight is 377 g/mol. The van der Waals surface area contributed by atoms with E-state index < -0.39 is 15.9 Å². The minimum atomic E-state index is -4.03. The Kier molecular flexibility index (Phi) is 5.30. The van der Waals surface area contributed by atoms with Crippen molar-refractivity contribution in [2.45, 2.75) is 25.3 Å². The number of nitrogens with one attached hydrogen (secondary N) is 2. The van der Waals surface area contributed by atoms with E-state index in [9.17, 15) is 13.2 Å². The third-order valence-corrected chi connectivity index (χ3v) is 5.15. The van der Waals surface area contributed by atoms with Crippen LogP contribution in [0.25, 0.3) is 0 Å². The Bertz CT molecular complexity index is 849. The predicted molar refractivity (Wildman–Crippen MR) is 86.6 cm³/mol. The number of aromatic nitrogens is 2. The number of carbonyl (C=O) groups excluding carboxylic acids is 1. The van der Waals surface area contributed by atoms with Crippen LogP contribution in [0.2, 0.25) is 10.0 Å². The summed E-state index contributed by atoms with van der Waals surface area (Å²) in [5, 5.41) is 4.10. The Morgan fingerprint density at radius 1 is 1.30 bits per heavy atom. The zero-order valence-electron chi connectivity index (χ0n) is 12.3. The van der Waals surface area contributed by atoms with Crippen LogP contribution in [-0.4, -0.2) is 24.1 Å². The molecule has 0 saturated heterocycles. The van der Waals surface area contributed by atoms with Gasteiger partial charge in [-0.2, -0.15) is 5.10 Å². The summed E-state index contributed by atoms with van der Waals surface area (Å²) in [6.45, 7) is 3.47. The molecule has 0 radical (unpaired) electrons. The molecule has 0 aliphatic heterocycles. The molecule has 1 aromatic carbocycles. The Hall–Kier alpha value is -1.61. The first-order chi connectivity index (χ1) is 10.7. The van der Waals surface area contributed by atoms with Crippen LogP contribution in [-0.2, 0) is 21.4 Å². The van der Waals surface area contributed by atoms with E-state index in [0.29, 0.717) is 0 Å². The molecular formula is C13H14Cl2N4O3S. The number of benzene rings is 1. The molecule has 0 spiro atoms. The summed E-state index contributed by atoms with van der Waals surface area (Å²) in [7, 11) is -4.03. The number of hydrogen-bond acceptors (Lipinski definition) is 4. The van der Waals surface area contributed by atoms with E-state index in [4.69, 9.17) is 23.2 Å². The van der Waals surface area contributed by atoms with Gasteiger partial charge in [0.15, 0.2) is 0 Å². The molecule has 1 heterocycles. The van der Waals surface area contributed by atoms with E-state index in [1.807, 2.05) is 10.9 Å². The maximum atomic E-state index is 12.1. The SMILES string of the molecule is Cc1cc(C)n(CC(=O)NNS(=O)(=O)c2cccc(Cl)c2Cl)n1. The molecule has 2 rings (SSSR count). The molecule has 7 nitrogen and oxygen atoms in total. The van der Waals surface area contributed by atoms with Crippen molar-refractivity contribution in [3.63, 3.8) is 0 Å². The standard InChI is InChI=1S/C13H14Cl2N4O3S/c1-8-6-9(2)19(17-8)7-12(20)16-18-23(21,22)11-5-3-4-10(14)13(11)15/h3-6,18H,7H2,1-2H3,(H,16,20). The zero-order chi connectivity index (χ0) is 17.2. The molecule has 0 fully saturated rings. The van der Waals surface area contributed by atoms with Crippen molar-refractivity contribution in [3.8, 4) is 0 Å². The second-order valence-electron chi connectivity index (χ2n) is 4.79. The summed E-state index contributed by atoms with van der Waals surface area (Å²) in [4.78, 5) is 13.6. The number of amides is 1. The molecule has 2 N–H and O–H groups in total. The summed E-state index contributed by atoms with van der Waals surface area (Å²) in [5.74, 6) is -0.571. The Balaban J connectivity index is 2.06. The summed E-state index contributed by atoms with van der Waals surface area (Å²) in [6.07, 6.45) is 0. The first kappa shape index (κ1) is 17.7. The van der Waals surface area contributed by atoms with E-state index in [1.54, 1.807) is 13.8 Å². The Morgan fingerprint density at radius 3 is 2.61 bits per heavy atom. The van der Waals surface area contributed by atoms with Gasteiger partial charge in [0, 0.05) is 5.69 Å². The monoisotopic (exact) mass is 376 g/mol. The van der Waals surface area contributed by atoms with Gasteiger partial charge in [0.2, 0.25) is 0 Å². The van der Waals surface area contributed by atoms with Crippen molar-refractivity contribution in [1.29, 1.82) is 0 Å². The van der Waals surface area contributed by atoms with Crippen molar-refractivity contribution >= 4 is 39.1 Å². The Labute approximate surface area is 143 Å². The first-order valence-electron chi connectivity index (χ1n) is 6.46. The second kappa shape index (κ2) is 6.88. The van der Waals surface area contributed by atoms with E-state index in [0.717, 1.165) is 11.4 Å². The van der Waals surface area contributed by atoms with Crippen LogP contribution in [0.4, 0.5) is 0 Å². The van der Waals surface area contributed by atoms with Crippen molar-refractivity contribution in [1.82, 2.24) is 20.0 Å². The quantitative estimate of drug-likeness (QED) is 0.778. The van der Waals surface area contributed by atoms with Crippen molar-refractivity contribution < 1.29 is 13.2 Å².